The van der Waals surface area contributed by atoms with Crippen LogP contribution >= 0.6 is 0 Å². The Kier molecular flexibility index (Phi) is 3.25. The van der Waals surface area contributed by atoms with Crippen molar-refractivity contribution in [1.82, 2.24) is 4.98 Å². The number of aldehydes is 1. The van der Waals surface area contributed by atoms with Crippen molar-refractivity contribution in [2.45, 2.75) is 19.5 Å². The molecule has 0 amide bonds. The van der Waals surface area contributed by atoms with Gasteiger partial charge in [-0.1, -0.05) is 0 Å². The van der Waals surface area contributed by atoms with Gasteiger partial charge in [-0.05, 0) is 13.0 Å². The standard InChI is InChI=1S/C9H6F5NO/c1-4-2-5(8(10)11)7(9(12,13)14)6(3-16)15-4/h2-3,8H,1H3. The minimum absolute atomic E-state index is 0.0644. The summed E-state index contributed by atoms with van der Waals surface area (Å²) in [6.07, 6.45) is -8.51. The minimum Gasteiger partial charge on any atom is -0.296 e. The van der Waals surface area contributed by atoms with E-state index in [0.29, 0.717) is 6.07 Å². The van der Waals surface area contributed by atoms with Crippen LogP contribution in [0.25, 0.3) is 0 Å². The number of hydrogen-bond donors (Lipinski definition) is 0. The van der Waals surface area contributed by atoms with Crippen LogP contribution in [-0.2, 0) is 6.18 Å². The lowest BCUT2D eigenvalue weighted by Gasteiger charge is -2.14. The molecule has 0 atom stereocenters. The summed E-state index contributed by atoms with van der Waals surface area (Å²) in [6.45, 7) is 1.24. The Morgan fingerprint density at radius 3 is 2.31 bits per heavy atom. The molecule has 1 aromatic rings. The van der Waals surface area contributed by atoms with Gasteiger partial charge in [0.15, 0.2) is 6.29 Å². The molecule has 0 saturated carbocycles. The lowest BCUT2D eigenvalue weighted by Crippen LogP contribution is -2.15. The van der Waals surface area contributed by atoms with Crippen LogP contribution in [0.15, 0.2) is 6.07 Å². The number of alkyl halides is 5. The Balaban J connectivity index is 3.58. The zero-order valence-corrected chi connectivity index (χ0v) is 7.98. The normalized spacial score (nSPS) is 11.9. The molecule has 16 heavy (non-hydrogen) atoms. The maximum absolute atomic E-state index is 12.5. The second-order valence-electron chi connectivity index (χ2n) is 3.03. The maximum Gasteiger partial charge on any atom is 0.419 e. The molecule has 0 unspecified atom stereocenters. The van der Waals surface area contributed by atoms with E-state index in [4.69, 9.17) is 0 Å². The highest BCUT2D eigenvalue weighted by Crippen LogP contribution is 2.37. The van der Waals surface area contributed by atoms with E-state index in [1.807, 2.05) is 0 Å². The molecule has 0 aromatic carbocycles. The number of pyridine rings is 1. The van der Waals surface area contributed by atoms with E-state index in [2.05, 4.69) is 4.98 Å². The van der Waals surface area contributed by atoms with E-state index in [1.165, 1.54) is 6.92 Å². The van der Waals surface area contributed by atoms with Gasteiger partial charge >= 0.3 is 6.18 Å². The Labute approximate surface area is 87.1 Å². The summed E-state index contributed by atoms with van der Waals surface area (Å²) < 4.78 is 62.2. The van der Waals surface area contributed by atoms with E-state index < -0.39 is 29.4 Å². The number of rotatable bonds is 2. The molecule has 0 fully saturated rings. The van der Waals surface area contributed by atoms with Gasteiger partial charge in [0.05, 0.1) is 5.56 Å². The molecule has 2 nitrogen and oxygen atoms in total. The van der Waals surface area contributed by atoms with Crippen LogP contribution in [0.1, 0.15) is 33.7 Å². The lowest BCUT2D eigenvalue weighted by molar-refractivity contribution is -0.140. The van der Waals surface area contributed by atoms with Crippen LogP contribution in [0.2, 0.25) is 0 Å². The molecule has 88 valence electrons. The number of aryl methyl sites for hydroxylation is 1. The number of halogens is 5. The second-order valence-corrected chi connectivity index (χ2v) is 3.03. The third-order valence-corrected chi connectivity index (χ3v) is 1.84. The molecular weight excluding hydrogens is 233 g/mol. The highest BCUT2D eigenvalue weighted by Gasteiger charge is 2.39. The molecule has 0 N–H and O–H groups in total. The van der Waals surface area contributed by atoms with Crippen molar-refractivity contribution >= 4 is 6.29 Å². The molecule has 0 aliphatic rings. The van der Waals surface area contributed by atoms with Gasteiger partial charge in [0.25, 0.3) is 6.43 Å². The zero-order valence-electron chi connectivity index (χ0n) is 7.98. The predicted octanol–water partition coefficient (Wildman–Crippen LogP) is 3.16. The van der Waals surface area contributed by atoms with Crippen LogP contribution in [0.4, 0.5) is 22.0 Å². The Bertz CT molecular complexity index is 413. The first-order valence-corrected chi connectivity index (χ1v) is 4.09. The summed E-state index contributed by atoms with van der Waals surface area (Å²) in [7, 11) is 0. The van der Waals surface area contributed by atoms with Gasteiger partial charge in [-0.15, -0.1) is 0 Å². The monoisotopic (exact) mass is 239 g/mol. The predicted molar refractivity (Wildman–Crippen MR) is 44.3 cm³/mol. The first-order chi connectivity index (χ1) is 7.27. The minimum atomic E-state index is -5.03. The van der Waals surface area contributed by atoms with Gasteiger partial charge in [-0.3, -0.25) is 4.79 Å². The van der Waals surface area contributed by atoms with Crippen LogP contribution in [0.5, 0.6) is 0 Å². The van der Waals surface area contributed by atoms with Gasteiger partial charge in [0.2, 0.25) is 0 Å². The van der Waals surface area contributed by atoms with E-state index in [9.17, 15) is 26.7 Å². The van der Waals surface area contributed by atoms with Gasteiger partial charge in [-0.2, -0.15) is 13.2 Å². The molecule has 7 heteroatoms. The third kappa shape index (κ3) is 2.34. The van der Waals surface area contributed by atoms with Crippen molar-refractivity contribution in [2.75, 3.05) is 0 Å². The molecule has 0 spiro atoms. The fraction of sp³-hybridized carbons (Fsp3) is 0.333. The fourth-order valence-corrected chi connectivity index (χ4v) is 1.29. The lowest BCUT2D eigenvalue weighted by atomic mass is 10.1. The second kappa shape index (κ2) is 4.15. The zero-order chi connectivity index (χ0) is 12.5. The molecule has 0 saturated heterocycles. The van der Waals surface area contributed by atoms with E-state index in [0.717, 1.165) is 0 Å². The van der Waals surface area contributed by atoms with Crippen molar-refractivity contribution in [3.63, 3.8) is 0 Å². The number of carbonyl (C=O) groups excluding carboxylic acids is 1. The number of nitrogens with zero attached hydrogens (tertiary/aromatic N) is 1. The molecule has 1 heterocycles. The topological polar surface area (TPSA) is 30.0 Å². The molecular formula is C9H6F5NO. The fourth-order valence-electron chi connectivity index (χ4n) is 1.29. The van der Waals surface area contributed by atoms with Crippen molar-refractivity contribution in [1.29, 1.82) is 0 Å². The van der Waals surface area contributed by atoms with Crippen molar-refractivity contribution in [3.8, 4) is 0 Å². The summed E-state index contributed by atoms with van der Waals surface area (Å²) in [6, 6.07) is 0.625. The average Bonchev–Trinajstić information content (AvgIpc) is 2.14. The van der Waals surface area contributed by atoms with E-state index in [-0.39, 0.29) is 12.0 Å². The summed E-state index contributed by atoms with van der Waals surface area (Å²) in [5.74, 6) is 0. The van der Waals surface area contributed by atoms with Crippen LogP contribution in [0, 0.1) is 6.92 Å². The van der Waals surface area contributed by atoms with Crippen LogP contribution < -0.4 is 0 Å². The maximum atomic E-state index is 12.5. The van der Waals surface area contributed by atoms with E-state index in [1.54, 1.807) is 0 Å². The van der Waals surface area contributed by atoms with Crippen molar-refractivity contribution in [2.24, 2.45) is 0 Å². The highest BCUT2D eigenvalue weighted by molar-refractivity contribution is 5.75. The molecule has 0 bridgehead atoms. The first kappa shape index (κ1) is 12.5. The summed E-state index contributed by atoms with van der Waals surface area (Å²) >= 11 is 0. The Hall–Kier alpha value is -1.53. The summed E-state index contributed by atoms with van der Waals surface area (Å²) in [4.78, 5) is 13.7. The smallest absolute Gasteiger partial charge is 0.296 e. The third-order valence-electron chi connectivity index (χ3n) is 1.84. The Morgan fingerprint density at radius 2 is 1.94 bits per heavy atom. The molecule has 1 aromatic heterocycles. The van der Waals surface area contributed by atoms with Gasteiger partial charge in [0.1, 0.15) is 5.69 Å². The first-order valence-electron chi connectivity index (χ1n) is 4.09. The number of hydrogen-bond acceptors (Lipinski definition) is 2. The summed E-state index contributed by atoms with van der Waals surface area (Å²) in [5.41, 5.74) is -3.96. The summed E-state index contributed by atoms with van der Waals surface area (Å²) in [5, 5.41) is 0. The molecule has 0 aliphatic heterocycles. The van der Waals surface area contributed by atoms with Crippen LogP contribution in [-0.4, -0.2) is 11.3 Å². The van der Waals surface area contributed by atoms with Crippen LogP contribution in [0.3, 0.4) is 0 Å². The van der Waals surface area contributed by atoms with Crippen molar-refractivity contribution in [3.05, 3.63) is 28.6 Å². The van der Waals surface area contributed by atoms with Crippen molar-refractivity contribution < 1.29 is 26.7 Å². The van der Waals surface area contributed by atoms with Gasteiger partial charge in [0, 0.05) is 11.3 Å². The number of carbonyl (C=O) groups is 1. The molecule has 1 rings (SSSR count). The number of aromatic nitrogens is 1. The largest absolute Gasteiger partial charge is 0.419 e. The SMILES string of the molecule is Cc1cc(C(F)F)c(C(F)(F)F)c(C=O)n1. The average molecular weight is 239 g/mol. The van der Waals surface area contributed by atoms with E-state index >= 15 is 0 Å². The Morgan fingerprint density at radius 1 is 1.38 bits per heavy atom. The van der Waals surface area contributed by atoms with Gasteiger partial charge < -0.3 is 0 Å². The quantitative estimate of drug-likeness (QED) is 0.586. The van der Waals surface area contributed by atoms with Gasteiger partial charge in [-0.25, -0.2) is 13.8 Å². The molecule has 0 aliphatic carbocycles. The molecule has 0 radical (unpaired) electrons. The highest BCUT2D eigenvalue weighted by atomic mass is 19.4.